The highest BCUT2D eigenvalue weighted by molar-refractivity contribution is 7.98. The molecule has 0 aromatic carbocycles. The minimum Gasteiger partial charge on any atom is -0.395 e. The molecule has 0 radical (unpaired) electrons. The lowest BCUT2D eigenvalue weighted by Crippen LogP contribution is -2.17. The summed E-state index contributed by atoms with van der Waals surface area (Å²) < 4.78 is 1.66. The second-order valence-electron chi connectivity index (χ2n) is 4.28. The molecule has 0 spiro atoms. The monoisotopic (exact) mass is 323 g/mol. The Kier molecular flexibility index (Phi) is 6.11. The van der Waals surface area contributed by atoms with E-state index in [1.807, 2.05) is 18.4 Å². The summed E-state index contributed by atoms with van der Waals surface area (Å²) in [6.45, 7) is 2.78. The van der Waals surface area contributed by atoms with E-state index in [4.69, 9.17) is 5.11 Å². The summed E-state index contributed by atoms with van der Waals surface area (Å²) in [7, 11) is 0. The number of aromatic amines is 1. The van der Waals surface area contributed by atoms with Crippen molar-refractivity contribution >= 4 is 23.1 Å². The van der Waals surface area contributed by atoms with E-state index in [-0.39, 0.29) is 12.3 Å². The topological polar surface area (TPSA) is 70.9 Å². The van der Waals surface area contributed by atoms with Crippen LogP contribution in [0, 0.1) is 11.8 Å². The first-order chi connectivity index (χ1) is 10.3. The first kappa shape index (κ1) is 15.9. The molecule has 0 atom stereocenters. The van der Waals surface area contributed by atoms with Gasteiger partial charge in [0.05, 0.1) is 6.61 Å². The van der Waals surface area contributed by atoms with Crippen molar-refractivity contribution in [2.75, 3.05) is 6.61 Å². The Morgan fingerprint density at radius 3 is 3.19 bits per heavy atom. The zero-order chi connectivity index (χ0) is 15.1. The summed E-state index contributed by atoms with van der Waals surface area (Å²) in [6.07, 6.45) is 1.38. The molecule has 2 aromatic rings. The van der Waals surface area contributed by atoms with Gasteiger partial charge in [0.1, 0.15) is 0 Å². The largest absolute Gasteiger partial charge is 0.395 e. The fraction of sp³-hybridized carbons (Fsp3) is 0.429. The molecule has 0 aliphatic carbocycles. The van der Waals surface area contributed by atoms with E-state index >= 15 is 0 Å². The summed E-state index contributed by atoms with van der Waals surface area (Å²) >= 11 is 3.17. The smallest absolute Gasteiger partial charge is 0.343 e. The van der Waals surface area contributed by atoms with Gasteiger partial charge in [0, 0.05) is 29.2 Å². The molecule has 21 heavy (non-hydrogen) atoms. The van der Waals surface area contributed by atoms with E-state index < -0.39 is 0 Å². The molecular formula is C14H17N3O2S2. The van der Waals surface area contributed by atoms with Crippen molar-refractivity contribution in [1.82, 2.24) is 14.8 Å². The SMILES string of the molecule is CCCn1c(SCc2sccc2C#CCCO)n[nH]c1=O. The number of rotatable bonds is 6. The minimum atomic E-state index is -0.159. The van der Waals surface area contributed by atoms with Crippen molar-refractivity contribution in [3.05, 3.63) is 32.4 Å². The Balaban J connectivity index is 2.06. The molecule has 0 saturated carbocycles. The van der Waals surface area contributed by atoms with Crippen LogP contribution < -0.4 is 5.69 Å². The molecule has 7 heteroatoms. The van der Waals surface area contributed by atoms with Gasteiger partial charge in [-0.05, 0) is 17.9 Å². The fourth-order valence-electron chi connectivity index (χ4n) is 1.74. The zero-order valence-corrected chi connectivity index (χ0v) is 13.4. The normalized spacial score (nSPS) is 10.4. The second-order valence-corrected chi connectivity index (χ2v) is 6.23. The molecule has 0 fully saturated rings. The molecule has 5 nitrogen and oxygen atoms in total. The summed E-state index contributed by atoms with van der Waals surface area (Å²) in [5.41, 5.74) is 0.828. The van der Waals surface area contributed by atoms with Gasteiger partial charge in [-0.3, -0.25) is 4.57 Å². The van der Waals surface area contributed by atoms with Crippen LogP contribution in [0.25, 0.3) is 0 Å². The van der Waals surface area contributed by atoms with Crippen molar-refractivity contribution in [1.29, 1.82) is 0 Å². The van der Waals surface area contributed by atoms with Crippen LogP contribution in [0.3, 0.4) is 0 Å². The maximum absolute atomic E-state index is 11.6. The van der Waals surface area contributed by atoms with Crippen molar-refractivity contribution < 1.29 is 5.11 Å². The number of hydrogen-bond acceptors (Lipinski definition) is 5. The Morgan fingerprint density at radius 2 is 2.43 bits per heavy atom. The van der Waals surface area contributed by atoms with Gasteiger partial charge in [0.2, 0.25) is 0 Å². The lowest BCUT2D eigenvalue weighted by Gasteiger charge is -2.02. The third-order valence-corrected chi connectivity index (χ3v) is 4.81. The number of H-pyrrole nitrogens is 1. The molecule has 112 valence electrons. The van der Waals surface area contributed by atoms with Crippen molar-refractivity contribution in [2.24, 2.45) is 0 Å². The summed E-state index contributed by atoms with van der Waals surface area (Å²) in [5, 5.41) is 18.0. The van der Waals surface area contributed by atoms with E-state index in [9.17, 15) is 4.79 Å². The van der Waals surface area contributed by atoms with E-state index in [1.165, 1.54) is 11.8 Å². The van der Waals surface area contributed by atoms with E-state index in [1.54, 1.807) is 15.9 Å². The van der Waals surface area contributed by atoms with Gasteiger partial charge < -0.3 is 5.11 Å². The first-order valence-corrected chi connectivity index (χ1v) is 8.57. The van der Waals surface area contributed by atoms with Crippen LogP contribution in [-0.4, -0.2) is 26.5 Å². The Bertz CT molecular complexity index is 691. The lowest BCUT2D eigenvalue weighted by atomic mass is 10.2. The number of aliphatic hydroxyl groups is 1. The standard InChI is InChI=1S/C14H17N3O2S2/c1-2-7-17-13(19)15-16-14(17)21-10-12-11(6-9-20-12)5-3-4-8-18/h6,9,18H,2,4,7-8,10H2,1H3,(H,15,19). The molecule has 0 bridgehead atoms. The number of nitrogens with one attached hydrogen (secondary N) is 1. The van der Waals surface area contributed by atoms with E-state index in [0.29, 0.717) is 18.1 Å². The van der Waals surface area contributed by atoms with Crippen LogP contribution in [0.1, 0.15) is 30.2 Å². The molecular weight excluding hydrogens is 306 g/mol. The van der Waals surface area contributed by atoms with E-state index in [0.717, 1.165) is 22.6 Å². The molecule has 2 heterocycles. The summed E-state index contributed by atoms with van der Waals surface area (Å²) in [5.74, 6) is 6.73. The van der Waals surface area contributed by atoms with Crippen molar-refractivity contribution in [3.63, 3.8) is 0 Å². The van der Waals surface area contributed by atoms with Crippen LogP contribution >= 0.6 is 23.1 Å². The predicted molar refractivity (Wildman–Crippen MR) is 85.6 cm³/mol. The van der Waals surface area contributed by atoms with E-state index in [2.05, 4.69) is 22.0 Å². The van der Waals surface area contributed by atoms with Crippen LogP contribution in [0.2, 0.25) is 0 Å². The molecule has 2 rings (SSSR count). The highest BCUT2D eigenvalue weighted by atomic mass is 32.2. The molecule has 2 N–H and O–H groups in total. The molecule has 0 unspecified atom stereocenters. The third kappa shape index (κ3) is 4.24. The Labute approximate surface area is 131 Å². The van der Waals surface area contributed by atoms with Gasteiger partial charge in [-0.25, -0.2) is 9.89 Å². The highest BCUT2D eigenvalue weighted by Crippen LogP contribution is 2.25. The number of thiophene rings is 1. The van der Waals surface area contributed by atoms with Gasteiger partial charge in [0.25, 0.3) is 0 Å². The lowest BCUT2D eigenvalue weighted by molar-refractivity contribution is 0.305. The summed E-state index contributed by atoms with van der Waals surface area (Å²) in [6, 6.07) is 1.98. The third-order valence-electron chi connectivity index (χ3n) is 2.71. The molecule has 0 amide bonds. The molecule has 0 aliphatic rings. The maximum atomic E-state index is 11.6. The molecule has 2 aromatic heterocycles. The predicted octanol–water partition coefficient (Wildman–Crippen LogP) is 2.07. The maximum Gasteiger partial charge on any atom is 0.343 e. The van der Waals surface area contributed by atoms with Crippen LogP contribution in [0.5, 0.6) is 0 Å². The average molecular weight is 323 g/mol. The van der Waals surface area contributed by atoms with Crippen molar-refractivity contribution in [2.45, 2.75) is 37.2 Å². The average Bonchev–Trinajstić information content (AvgIpc) is 3.06. The fourth-order valence-corrected chi connectivity index (χ4v) is 3.66. The van der Waals surface area contributed by atoms with Gasteiger partial charge in [0.15, 0.2) is 5.16 Å². The number of aromatic nitrogens is 3. The zero-order valence-electron chi connectivity index (χ0n) is 11.8. The Hall–Kier alpha value is -1.49. The number of aliphatic hydroxyl groups excluding tert-OH is 1. The van der Waals surface area contributed by atoms with Gasteiger partial charge in [-0.15, -0.1) is 16.4 Å². The minimum absolute atomic E-state index is 0.0811. The van der Waals surface area contributed by atoms with Crippen molar-refractivity contribution in [3.8, 4) is 11.8 Å². The van der Waals surface area contributed by atoms with Crippen LogP contribution in [0.4, 0.5) is 0 Å². The van der Waals surface area contributed by atoms with Gasteiger partial charge in [-0.2, -0.15) is 0 Å². The first-order valence-electron chi connectivity index (χ1n) is 6.70. The number of hydrogen-bond donors (Lipinski definition) is 2. The number of nitrogens with zero attached hydrogens (tertiary/aromatic N) is 2. The molecule has 0 saturated heterocycles. The summed E-state index contributed by atoms with van der Waals surface area (Å²) in [4.78, 5) is 12.8. The quantitative estimate of drug-likeness (QED) is 0.631. The molecule has 0 aliphatic heterocycles. The Morgan fingerprint density at radius 1 is 1.57 bits per heavy atom. The van der Waals surface area contributed by atoms with Gasteiger partial charge >= 0.3 is 5.69 Å². The van der Waals surface area contributed by atoms with Crippen LogP contribution in [0.15, 0.2) is 21.4 Å². The van der Waals surface area contributed by atoms with Gasteiger partial charge in [-0.1, -0.05) is 30.5 Å². The van der Waals surface area contributed by atoms with Crippen LogP contribution in [-0.2, 0) is 12.3 Å². The number of thioether (sulfide) groups is 1. The second kappa shape index (κ2) is 8.08. The highest BCUT2D eigenvalue weighted by Gasteiger charge is 2.10.